The maximum atomic E-state index is 9.98. The fourth-order valence-corrected chi connectivity index (χ4v) is 2.55. The number of aliphatic hydroxyl groups excluding tert-OH is 4. The molecule has 0 aliphatic carbocycles. The number of benzene rings is 1. The van der Waals surface area contributed by atoms with Crippen LogP contribution in [0.4, 0.5) is 0 Å². The van der Waals surface area contributed by atoms with Gasteiger partial charge in [-0.15, -0.1) is 0 Å². The molecule has 7 heteroatoms. The lowest BCUT2D eigenvalue weighted by Crippen LogP contribution is -2.59. The third-order valence-electron chi connectivity index (χ3n) is 4.14. The molecule has 0 aromatic heterocycles. The Kier molecular flexibility index (Phi) is 6.29. The third-order valence-corrected chi connectivity index (χ3v) is 4.14. The van der Waals surface area contributed by atoms with Crippen LogP contribution in [0.15, 0.2) is 24.3 Å². The Labute approximate surface area is 140 Å². The number of ether oxygens (including phenoxy) is 2. The zero-order valence-electron chi connectivity index (χ0n) is 13.6. The fourth-order valence-electron chi connectivity index (χ4n) is 2.55. The molecule has 0 bridgehead atoms. The lowest BCUT2D eigenvalue weighted by Gasteiger charge is -2.40. The first-order valence-electron chi connectivity index (χ1n) is 7.84. The van der Waals surface area contributed by atoms with Gasteiger partial charge in [0.1, 0.15) is 24.4 Å². The van der Waals surface area contributed by atoms with Gasteiger partial charge in [-0.3, -0.25) is 0 Å². The van der Waals surface area contributed by atoms with Gasteiger partial charge in [0.15, 0.2) is 12.4 Å². The van der Waals surface area contributed by atoms with Crippen molar-refractivity contribution in [2.75, 3.05) is 6.61 Å². The second-order valence-electron chi connectivity index (χ2n) is 6.16. The van der Waals surface area contributed by atoms with Crippen molar-refractivity contribution in [3.63, 3.8) is 0 Å². The molecule has 24 heavy (non-hydrogen) atoms. The van der Waals surface area contributed by atoms with Gasteiger partial charge in [-0.1, -0.05) is 38.1 Å². The van der Waals surface area contributed by atoms with Crippen molar-refractivity contribution in [2.45, 2.75) is 56.6 Å². The minimum absolute atomic E-state index is 0.353. The van der Waals surface area contributed by atoms with E-state index in [1.165, 1.54) is 0 Å². The van der Waals surface area contributed by atoms with Crippen molar-refractivity contribution in [3.8, 4) is 6.07 Å². The van der Waals surface area contributed by atoms with Crippen molar-refractivity contribution >= 4 is 0 Å². The summed E-state index contributed by atoms with van der Waals surface area (Å²) in [5.74, 6) is 0.353. The van der Waals surface area contributed by atoms with Gasteiger partial charge < -0.3 is 29.9 Å². The fraction of sp³-hybridized carbons (Fsp3) is 0.588. The van der Waals surface area contributed by atoms with Crippen molar-refractivity contribution in [3.05, 3.63) is 35.4 Å². The SMILES string of the molecule is CC(C)c1ccc(C(C#N)OC2OC(CO)C(O)C(O)C2O)cc1. The summed E-state index contributed by atoms with van der Waals surface area (Å²) in [5, 5.41) is 48.0. The summed E-state index contributed by atoms with van der Waals surface area (Å²) in [7, 11) is 0. The van der Waals surface area contributed by atoms with E-state index in [1.54, 1.807) is 12.1 Å². The highest BCUT2D eigenvalue weighted by Gasteiger charge is 2.44. The Hall–Kier alpha value is -1.53. The van der Waals surface area contributed by atoms with Crippen LogP contribution in [0.25, 0.3) is 0 Å². The number of aliphatic hydroxyl groups is 4. The van der Waals surface area contributed by atoms with Gasteiger partial charge >= 0.3 is 0 Å². The van der Waals surface area contributed by atoms with Gasteiger partial charge in [-0.2, -0.15) is 5.26 Å². The van der Waals surface area contributed by atoms with Crippen molar-refractivity contribution in [1.82, 2.24) is 0 Å². The molecule has 7 nitrogen and oxygen atoms in total. The van der Waals surface area contributed by atoms with Crippen LogP contribution in [-0.4, -0.2) is 57.7 Å². The van der Waals surface area contributed by atoms with Gasteiger partial charge in [-0.25, -0.2) is 0 Å². The molecule has 1 heterocycles. The first kappa shape index (κ1) is 18.8. The summed E-state index contributed by atoms with van der Waals surface area (Å²) in [5.41, 5.74) is 1.70. The quantitative estimate of drug-likeness (QED) is 0.605. The molecule has 0 amide bonds. The van der Waals surface area contributed by atoms with Crippen LogP contribution in [-0.2, 0) is 9.47 Å². The number of hydrogen-bond donors (Lipinski definition) is 4. The smallest absolute Gasteiger partial charge is 0.188 e. The standard InChI is InChI=1S/C17H23NO6/c1-9(2)10-3-5-11(6-4-10)12(7-18)23-17-16(22)15(21)14(20)13(8-19)24-17/h3-6,9,12-17,19-22H,8H2,1-2H3. The molecule has 1 aliphatic rings. The zero-order valence-corrected chi connectivity index (χ0v) is 13.6. The summed E-state index contributed by atoms with van der Waals surface area (Å²) in [6.45, 7) is 3.56. The number of nitriles is 1. The van der Waals surface area contributed by atoms with E-state index in [1.807, 2.05) is 18.2 Å². The van der Waals surface area contributed by atoms with E-state index in [-0.39, 0.29) is 0 Å². The van der Waals surface area contributed by atoms with Crippen LogP contribution in [0.5, 0.6) is 0 Å². The zero-order chi connectivity index (χ0) is 17.9. The molecule has 1 aliphatic heterocycles. The molecule has 6 atom stereocenters. The highest BCUT2D eigenvalue weighted by Crippen LogP contribution is 2.28. The maximum absolute atomic E-state index is 9.98. The summed E-state index contributed by atoms with van der Waals surface area (Å²) >= 11 is 0. The molecular weight excluding hydrogens is 314 g/mol. The summed E-state index contributed by atoms with van der Waals surface area (Å²) < 4.78 is 10.7. The molecule has 1 aromatic rings. The molecule has 132 valence electrons. The average Bonchev–Trinajstić information content (AvgIpc) is 2.59. The predicted octanol–water partition coefficient (Wildman–Crippen LogP) is 0.191. The molecule has 1 aromatic carbocycles. The van der Waals surface area contributed by atoms with E-state index in [4.69, 9.17) is 9.47 Å². The molecular formula is C17H23NO6. The molecule has 0 spiro atoms. The van der Waals surface area contributed by atoms with Gasteiger partial charge in [0.2, 0.25) is 0 Å². The van der Waals surface area contributed by atoms with E-state index in [0.29, 0.717) is 11.5 Å². The normalized spacial score (nSPS) is 31.7. The molecule has 4 N–H and O–H groups in total. The lowest BCUT2D eigenvalue weighted by atomic mass is 9.98. The van der Waals surface area contributed by atoms with Gasteiger partial charge in [0.25, 0.3) is 0 Å². The number of rotatable bonds is 5. The maximum Gasteiger partial charge on any atom is 0.188 e. The Balaban J connectivity index is 2.13. The van der Waals surface area contributed by atoms with Crippen LogP contribution in [0.1, 0.15) is 37.0 Å². The van der Waals surface area contributed by atoms with E-state index >= 15 is 0 Å². The third kappa shape index (κ3) is 3.92. The molecule has 1 fully saturated rings. The largest absolute Gasteiger partial charge is 0.394 e. The van der Waals surface area contributed by atoms with Crippen LogP contribution in [0.3, 0.4) is 0 Å². The Morgan fingerprint density at radius 1 is 1.08 bits per heavy atom. The first-order chi connectivity index (χ1) is 11.4. The molecule has 1 saturated heterocycles. The van der Waals surface area contributed by atoms with E-state index < -0.39 is 43.4 Å². The van der Waals surface area contributed by atoms with Crippen LogP contribution >= 0.6 is 0 Å². The van der Waals surface area contributed by atoms with Gasteiger partial charge in [-0.05, 0) is 17.0 Å². The summed E-state index contributed by atoms with van der Waals surface area (Å²) in [6, 6.07) is 9.27. The molecule has 0 radical (unpaired) electrons. The van der Waals surface area contributed by atoms with E-state index in [2.05, 4.69) is 13.8 Å². The highest BCUT2D eigenvalue weighted by molar-refractivity contribution is 5.28. The Morgan fingerprint density at radius 2 is 1.67 bits per heavy atom. The molecule has 6 unspecified atom stereocenters. The lowest BCUT2D eigenvalue weighted by molar-refractivity contribution is -0.307. The first-order valence-corrected chi connectivity index (χ1v) is 7.84. The number of nitrogens with zero attached hydrogens (tertiary/aromatic N) is 1. The predicted molar refractivity (Wildman–Crippen MR) is 83.7 cm³/mol. The second-order valence-corrected chi connectivity index (χ2v) is 6.16. The van der Waals surface area contributed by atoms with Crippen molar-refractivity contribution in [1.29, 1.82) is 5.26 Å². The van der Waals surface area contributed by atoms with Gasteiger partial charge in [0, 0.05) is 0 Å². The van der Waals surface area contributed by atoms with Crippen LogP contribution in [0, 0.1) is 11.3 Å². The van der Waals surface area contributed by atoms with E-state index in [9.17, 15) is 25.7 Å². The van der Waals surface area contributed by atoms with Gasteiger partial charge in [0.05, 0.1) is 12.7 Å². The monoisotopic (exact) mass is 337 g/mol. The van der Waals surface area contributed by atoms with Crippen LogP contribution < -0.4 is 0 Å². The Bertz CT molecular complexity index is 567. The summed E-state index contributed by atoms with van der Waals surface area (Å²) in [4.78, 5) is 0. The molecule has 2 rings (SSSR count). The van der Waals surface area contributed by atoms with Crippen LogP contribution in [0.2, 0.25) is 0 Å². The van der Waals surface area contributed by atoms with Crippen molar-refractivity contribution < 1.29 is 29.9 Å². The minimum Gasteiger partial charge on any atom is -0.394 e. The molecule has 0 saturated carbocycles. The minimum atomic E-state index is -1.54. The van der Waals surface area contributed by atoms with Crippen molar-refractivity contribution in [2.24, 2.45) is 0 Å². The topological polar surface area (TPSA) is 123 Å². The number of hydrogen-bond acceptors (Lipinski definition) is 7. The highest BCUT2D eigenvalue weighted by atomic mass is 16.7. The average molecular weight is 337 g/mol. The Morgan fingerprint density at radius 3 is 2.17 bits per heavy atom. The summed E-state index contributed by atoms with van der Waals surface area (Å²) in [6.07, 6.45) is -7.97. The van der Waals surface area contributed by atoms with E-state index in [0.717, 1.165) is 5.56 Å². The second kappa shape index (κ2) is 8.03.